The molecule has 1 aromatic rings. The molecule has 2 N–H and O–H groups in total. The number of halogens is 1. The highest BCUT2D eigenvalue weighted by atomic mass is 19.1. The second kappa shape index (κ2) is 5.38. The van der Waals surface area contributed by atoms with Crippen LogP contribution in [-0.4, -0.2) is 17.4 Å². The van der Waals surface area contributed by atoms with Crippen molar-refractivity contribution in [3.05, 3.63) is 29.6 Å². The molecule has 3 nitrogen and oxygen atoms in total. The summed E-state index contributed by atoms with van der Waals surface area (Å²) >= 11 is 0. The highest BCUT2D eigenvalue weighted by Gasteiger charge is 2.21. The van der Waals surface area contributed by atoms with Crippen LogP contribution in [0.15, 0.2) is 18.2 Å². The number of rotatable bonds is 2. The molecule has 0 spiro atoms. The molecule has 1 aromatic carbocycles. The maximum atomic E-state index is 13.7. The van der Waals surface area contributed by atoms with Gasteiger partial charge in [0.05, 0.1) is 6.54 Å². The monoisotopic (exact) mass is 250 g/mol. The van der Waals surface area contributed by atoms with E-state index >= 15 is 0 Å². The van der Waals surface area contributed by atoms with Gasteiger partial charge < -0.3 is 10.6 Å². The van der Waals surface area contributed by atoms with E-state index < -0.39 is 0 Å². The van der Waals surface area contributed by atoms with Crippen LogP contribution in [0.3, 0.4) is 0 Å². The molecule has 0 radical (unpaired) electrons. The molecule has 18 heavy (non-hydrogen) atoms. The number of nitrogens with two attached hydrogens (primary N) is 1. The molecular weight excluding hydrogens is 231 g/mol. The first-order valence-electron chi connectivity index (χ1n) is 6.38. The van der Waals surface area contributed by atoms with Gasteiger partial charge in [-0.05, 0) is 30.9 Å². The minimum Gasteiger partial charge on any atom is -0.398 e. The molecule has 98 valence electrons. The molecule has 1 atom stereocenters. The number of carbonyl (C=O) groups is 1. The van der Waals surface area contributed by atoms with Crippen LogP contribution >= 0.6 is 0 Å². The fraction of sp³-hybridized carbons (Fsp3) is 0.500. The van der Waals surface area contributed by atoms with Crippen molar-refractivity contribution in [2.75, 3.05) is 12.3 Å². The summed E-state index contributed by atoms with van der Waals surface area (Å²) in [6.07, 6.45) is 2.44. The maximum absolute atomic E-state index is 13.7. The Kier molecular flexibility index (Phi) is 3.84. The number of hydrogen-bond donors (Lipinski definition) is 1. The average Bonchev–Trinajstić information content (AvgIpc) is 2.48. The number of hydrogen-bond acceptors (Lipinski definition) is 2. The van der Waals surface area contributed by atoms with Crippen molar-refractivity contribution in [2.24, 2.45) is 5.92 Å². The summed E-state index contributed by atoms with van der Waals surface area (Å²) in [5.74, 6) is 0.319. The van der Waals surface area contributed by atoms with E-state index in [4.69, 9.17) is 5.73 Å². The number of benzene rings is 1. The molecule has 1 aliphatic heterocycles. The van der Waals surface area contributed by atoms with Crippen molar-refractivity contribution in [3.63, 3.8) is 0 Å². The molecule has 1 saturated heterocycles. The number of nitrogen functional groups attached to an aromatic ring is 1. The Morgan fingerprint density at radius 3 is 2.94 bits per heavy atom. The van der Waals surface area contributed by atoms with Crippen molar-refractivity contribution in [3.8, 4) is 0 Å². The fourth-order valence-electron chi connectivity index (χ4n) is 2.27. The van der Waals surface area contributed by atoms with Crippen molar-refractivity contribution in [1.82, 2.24) is 4.90 Å². The van der Waals surface area contributed by atoms with Gasteiger partial charge in [0.25, 0.3) is 0 Å². The molecule has 4 heteroatoms. The number of carbonyl (C=O) groups excluding carboxylic acids is 1. The summed E-state index contributed by atoms with van der Waals surface area (Å²) in [6, 6.07) is 4.64. The van der Waals surface area contributed by atoms with Crippen molar-refractivity contribution in [1.29, 1.82) is 0 Å². The van der Waals surface area contributed by atoms with Gasteiger partial charge >= 0.3 is 0 Å². The second-order valence-electron chi connectivity index (χ2n) is 5.06. The van der Waals surface area contributed by atoms with E-state index in [0.717, 1.165) is 12.8 Å². The van der Waals surface area contributed by atoms with Gasteiger partial charge in [-0.3, -0.25) is 4.79 Å². The largest absolute Gasteiger partial charge is 0.398 e. The summed E-state index contributed by atoms with van der Waals surface area (Å²) in [5.41, 5.74) is 6.62. The molecule has 0 aromatic heterocycles. The lowest BCUT2D eigenvalue weighted by Gasteiger charge is -2.21. The quantitative estimate of drug-likeness (QED) is 0.820. The molecule has 1 unspecified atom stereocenters. The van der Waals surface area contributed by atoms with Gasteiger partial charge in [-0.2, -0.15) is 0 Å². The van der Waals surface area contributed by atoms with Crippen molar-refractivity contribution in [2.45, 2.75) is 32.7 Å². The average molecular weight is 250 g/mol. The van der Waals surface area contributed by atoms with Crippen LogP contribution < -0.4 is 5.73 Å². The van der Waals surface area contributed by atoms with Crippen LogP contribution in [0.25, 0.3) is 0 Å². The molecule has 1 heterocycles. The zero-order valence-corrected chi connectivity index (χ0v) is 10.7. The van der Waals surface area contributed by atoms with Gasteiger partial charge in [0.1, 0.15) is 5.82 Å². The standard InChI is InChI=1S/C14H19FN2O/c1-10-5-6-14(18)17(8-7-10)9-11-12(15)3-2-4-13(11)16/h2-4,10H,5-9,16H2,1H3. The van der Waals surface area contributed by atoms with E-state index in [-0.39, 0.29) is 18.3 Å². The van der Waals surface area contributed by atoms with Gasteiger partial charge in [-0.1, -0.05) is 13.0 Å². The Balaban J connectivity index is 2.15. The SMILES string of the molecule is CC1CCC(=O)N(Cc2c(N)cccc2F)CC1. The summed E-state index contributed by atoms with van der Waals surface area (Å²) in [6.45, 7) is 3.12. The van der Waals surface area contributed by atoms with Crippen molar-refractivity contribution < 1.29 is 9.18 Å². The van der Waals surface area contributed by atoms with Crippen LogP contribution in [0.4, 0.5) is 10.1 Å². The molecule has 0 saturated carbocycles. The molecule has 2 rings (SSSR count). The second-order valence-corrected chi connectivity index (χ2v) is 5.06. The summed E-state index contributed by atoms with van der Waals surface area (Å²) in [4.78, 5) is 13.7. The molecule has 0 aliphatic carbocycles. The molecule has 1 amide bonds. The highest BCUT2D eigenvalue weighted by molar-refractivity contribution is 5.76. The number of nitrogens with zero attached hydrogens (tertiary/aromatic N) is 1. The van der Waals surface area contributed by atoms with Gasteiger partial charge in [-0.15, -0.1) is 0 Å². The van der Waals surface area contributed by atoms with Gasteiger partial charge in [0, 0.05) is 24.2 Å². The Morgan fingerprint density at radius 1 is 1.44 bits per heavy atom. The number of amides is 1. The first kappa shape index (κ1) is 12.9. The molecule has 0 bridgehead atoms. The third-order valence-electron chi connectivity index (χ3n) is 3.60. The first-order valence-corrected chi connectivity index (χ1v) is 6.38. The molecule has 1 fully saturated rings. The Hall–Kier alpha value is -1.58. The third kappa shape index (κ3) is 2.81. The summed E-state index contributed by atoms with van der Waals surface area (Å²) in [7, 11) is 0. The first-order chi connectivity index (χ1) is 8.58. The fourth-order valence-corrected chi connectivity index (χ4v) is 2.27. The van der Waals surface area contributed by atoms with Gasteiger partial charge in [0.2, 0.25) is 5.91 Å². The highest BCUT2D eigenvalue weighted by Crippen LogP contribution is 2.22. The zero-order chi connectivity index (χ0) is 13.1. The maximum Gasteiger partial charge on any atom is 0.222 e. The lowest BCUT2D eigenvalue weighted by Crippen LogP contribution is -2.30. The van der Waals surface area contributed by atoms with Gasteiger partial charge in [-0.25, -0.2) is 4.39 Å². The Labute approximate surface area is 107 Å². The lowest BCUT2D eigenvalue weighted by molar-refractivity contribution is -0.131. The minimum atomic E-state index is -0.333. The predicted molar refractivity (Wildman–Crippen MR) is 69.2 cm³/mol. The van der Waals surface area contributed by atoms with Crippen LogP contribution in [0.1, 0.15) is 31.7 Å². The Morgan fingerprint density at radius 2 is 2.22 bits per heavy atom. The Bertz CT molecular complexity index is 427. The van der Waals surface area contributed by atoms with E-state index in [0.29, 0.717) is 30.1 Å². The number of likely N-dealkylation sites (tertiary alicyclic amines) is 1. The zero-order valence-electron chi connectivity index (χ0n) is 10.7. The van der Waals surface area contributed by atoms with E-state index in [1.54, 1.807) is 17.0 Å². The molecular formula is C14H19FN2O. The van der Waals surface area contributed by atoms with Crippen LogP contribution in [0.5, 0.6) is 0 Å². The predicted octanol–water partition coefficient (Wildman–Crippen LogP) is 2.56. The van der Waals surface area contributed by atoms with Crippen LogP contribution in [0.2, 0.25) is 0 Å². The summed E-state index contributed by atoms with van der Waals surface area (Å²) < 4.78 is 13.7. The normalized spacial score (nSPS) is 20.9. The third-order valence-corrected chi connectivity index (χ3v) is 3.60. The van der Waals surface area contributed by atoms with E-state index in [9.17, 15) is 9.18 Å². The van der Waals surface area contributed by atoms with E-state index in [1.807, 2.05) is 0 Å². The van der Waals surface area contributed by atoms with Crippen LogP contribution in [-0.2, 0) is 11.3 Å². The smallest absolute Gasteiger partial charge is 0.222 e. The lowest BCUT2D eigenvalue weighted by atomic mass is 10.0. The van der Waals surface area contributed by atoms with Gasteiger partial charge in [0.15, 0.2) is 0 Å². The number of anilines is 1. The topological polar surface area (TPSA) is 46.3 Å². The van der Waals surface area contributed by atoms with E-state index in [1.165, 1.54) is 6.07 Å². The summed E-state index contributed by atoms with van der Waals surface area (Å²) in [5, 5.41) is 0. The van der Waals surface area contributed by atoms with E-state index in [2.05, 4.69) is 6.92 Å². The minimum absolute atomic E-state index is 0.0991. The van der Waals surface area contributed by atoms with Crippen LogP contribution in [0, 0.1) is 11.7 Å². The van der Waals surface area contributed by atoms with Crippen molar-refractivity contribution >= 4 is 11.6 Å². The molecule has 1 aliphatic rings.